The Morgan fingerprint density at radius 1 is 1.00 bits per heavy atom. The van der Waals surface area contributed by atoms with Crippen molar-refractivity contribution in [3.63, 3.8) is 0 Å². The molecule has 0 rings (SSSR count). The van der Waals surface area contributed by atoms with Gasteiger partial charge in [0.1, 0.15) is 0 Å². The summed E-state index contributed by atoms with van der Waals surface area (Å²) >= 11 is 0. The Kier molecular flexibility index (Phi) is 293. The van der Waals surface area contributed by atoms with Gasteiger partial charge in [-0.3, -0.25) is 0 Å². The number of hydrogen-bond donors (Lipinski definition) is 0. The molecule has 0 heterocycles. The molecule has 1 atom stereocenters. The summed E-state index contributed by atoms with van der Waals surface area (Å²) in [5, 5.41) is 0. The molecule has 0 aliphatic heterocycles. The van der Waals surface area contributed by atoms with Crippen molar-refractivity contribution in [1.82, 2.24) is 0 Å². The van der Waals surface area contributed by atoms with Gasteiger partial charge in [-0.1, -0.05) is 0 Å². The van der Waals surface area contributed by atoms with E-state index in [0.717, 1.165) is 0 Å². The zero-order valence-corrected chi connectivity index (χ0v) is 11.0. The maximum absolute atomic E-state index is 0. The SMILES string of the molecule is P.[Mg+2].[Nb+5].[O-2].[Ta+5]. The van der Waals surface area contributed by atoms with Gasteiger partial charge in [0, 0.05) is 0 Å². The van der Waals surface area contributed by atoms with Crippen LogP contribution in [0.4, 0.5) is 0 Å². The smallest absolute Gasteiger partial charge is 2.00 e. The standard InChI is InChI=1S/Mg.Nb.O.H3P.Ta/h;;;1H3;/q+2;+5;-2;;+5. The summed E-state index contributed by atoms with van der Waals surface area (Å²) in [7, 11) is 0. The second kappa shape index (κ2) is 30.3. The van der Waals surface area contributed by atoms with Crippen LogP contribution >= 0.6 is 9.90 Å². The topological polar surface area (TPSA) is 28.5 Å². The molecule has 0 N–H and O–H groups in total. The van der Waals surface area contributed by atoms with Crippen molar-refractivity contribution in [3.05, 3.63) is 0 Å². The molecule has 0 aromatic rings. The molecular formula is H3MgNbOPTa+10. The van der Waals surface area contributed by atoms with Crippen LogP contribution in [-0.4, -0.2) is 23.1 Å². The first-order chi connectivity index (χ1) is 0. The van der Waals surface area contributed by atoms with Gasteiger partial charge in [0.15, 0.2) is 0 Å². The van der Waals surface area contributed by atoms with Crippen LogP contribution in [0.15, 0.2) is 0 Å². The summed E-state index contributed by atoms with van der Waals surface area (Å²) in [5.41, 5.74) is 0. The third-order valence-corrected chi connectivity index (χ3v) is 0. The van der Waals surface area contributed by atoms with E-state index in [2.05, 4.69) is 0 Å². The molecule has 0 fully saturated rings. The summed E-state index contributed by atoms with van der Waals surface area (Å²) in [5.74, 6) is 0. The third kappa shape index (κ3) is 20.5. The Morgan fingerprint density at radius 2 is 1.00 bits per heavy atom. The van der Waals surface area contributed by atoms with E-state index >= 15 is 0 Å². The van der Waals surface area contributed by atoms with Crippen molar-refractivity contribution in [2.75, 3.05) is 0 Å². The predicted molar refractivity (Wildman–Crippen MR) is 17.5 cm³/mol. The fourth-order valence-corrected chi connectivity index (χ4v) is 0. The molecule has 5 heteroatoms. The Morgan fingerprint density at radius 3 is 1.00 bits per heavy atom. The number of rotatable bonds is 0. The van der Waals surface area contributed by atoms with Crippen LogP contribution in [0.3, 0.4) is 0 Å². The zero-order chi connectivity index (χ0) is 0. The van der Waals surface area contributed by atoms with Crippen LogP contribution < -0.4 is 0 Å². The molecular weight excluding hydrogens is 345 g/mol. The molecule has 0 amide bonds. The van der Waals surface area contributed by atoms with Gasteiger partial charge in [-0.25, -0.2) is 0 Å². The predicted octanol–water partition coefficient (Wildman–Crippen LogP) is -0.447. The quantitative estimate of drug-likeness (QED) is 0.419. The second-order valence-corrected chi connectivity index (χ2v) is 0. The summed E-state index contributed by atoms with van der Waals surface area (Å²) < 4.78 is 0. The Hall–Kier alpha value is 2.64. The van der Waals surface area contributed by atoms with Gasteiger partial charge in [-0.15, -0.1) is 0 Å². The van der Waals surface area contributed by atoms with Gasteiger partial charge in [-0.2, -0.15) is 9.90 Å². The normalized spacial score (nSPS) is 0. The van der Waals surface area contributed by atoms with Crippen molar-refractivity contribution in [3.8, 4) is 0 Å². The molecule has 0 spiro atoms. The minimum absolute atomic E-state index is 0. The molecule has 0 aromatic carbocycles. The van der Waals surface area contributed by atoms with Crippen LogP contribution in [0.5, 0.6) is 0 Å². The van der Waals surface area contributed by atoms with E-state index in [1.54, 1.807) is 0 Å². The minimum Gasteiger partial charge on any atom is -2.00 e. The fraction of sp³-hybridized carbons (Fsp3) is 0. The fourth-order valence-electron chi connectivity index (χ4n) is 0. The average Bonchev–Trinajstić information content (AvgIpc) is 0. The molecule has 0 radical (unpaired) electrons. The molecule has 1 unspecified atom stereocenters. The van der Waals surface area contributed by atoms with Gasteiger partial charge < -0.3 is 5.48 Å². The van der Waals surface area contributed by atoms with Crippen molar-refractivity contribution in [1.29, 1.82) is 0 Å². The summed E-state index contributed by atoms with van der Waals surface area (Å²) in [6, 6.07) is 0. The van der Waals surface area contributed by atoms with E-state index in [1.165, 1.54) is 0 Å². The average molecular weight is 348 g/mol. The van der Waals surface area contributed by atoms with E-state index in [-0.39, 0.29) is 83.2 Å². The van der Waals surface area contributed by atoms with Crippen molar-refractivity contribution >= 4 is 33.0 Å². The molecule has 0 bridgehead atoms. The monoisotopic (exact) mass is 348 g/mol. The van der Waals surface area contributed by atoms with Gasteiger partial charge in [0.05, 0.1) is 0 Å². The molecule has 0 saturated heterocycles. The van der Waals surface area contributed by atoms with Gasteiger partial charge in [0.2, 0.25) is 0 Å². The van der Waals surface area contributed by atoms with E-state index in [1.807, 2.05) is 0 Å². The van der Waals surface area contributed by atoms with E-state index < -0.39 is 0 Å². The maximum Gasteiger partial charge on any atom is 5.00 e. The molecule has 0 aromatic heterocycles. The molecule has 0 aliphatic carbocycles. The first-order valence-electron chi connectivity index (χ1n) is 0. The zero-order valence-electron chi connectivity index (χ0n) is 2.72. The van der Waals surface area contributed by atoms with Crippen LogP contribution in [-0.2, 0) is 50.2 Å². The van der Waals surface area contributed by atoms with E-state index in [9.17, 15) is 0 Å². The maximum atomic E-state index is 0. The molecule has 1 nitrogen and oxygen atoms in total. The van der Waals surface area contributed by atoms with Crippen LogP contribution in [0.25, 0.3) is 0 Å². The largest absolute Gasteiger partial charge is 5.00 e. The Bertz CT molecular complexity index is 11.6. The Labute approximate surface area is 82.1 Å². The molecule has 0 saturated carbocycles. The van der Waals surface area contributed by atoms with E-state index in [4.69, 9.17) is 0 Å². The van der Waals surface area contributed by atoms with Crippen molar-refractivity contribution < 1.29 is 50.2 Å². The molecule has 5 heavy (non-hydrogen) atoms. The summed E-state index contributed by atoms with van der Waals surface area (Å²) in [4.78, 5) is 0. The third-order valence-electron chi connectivity index (χ3n) is 0. The Balaban J connectivity index is 0. The van der Waals surface area contributed by atoms with Crippen LogP contribution in [0.1, 0.15) is 0 Å². The molecule has 16 valence electrons. The minimum atomic E-state index is 0. The first kappa shape index (κ1) is 48.4. The first-order valence-corrected chi connectivity index (χ1v) is 0. The van der Waals surface area contributed by atoms with Gasteiger partial charge in [-0.05, 0) is 0 Å². The van der Waals surface area contributed by atoms with Gasteiger partial charge in [0.25, 0.3) is 0 Å². The van der Waals surface area contributed by atoms with Crippen molar-refractivity contribution in [2.24, 2.45) is 0 Å². The summed E-state index contributed by atoms with van der Waals surface area (Å²) in [6.07, 6.45) is 0. The summed E-state index contributed by atoms with van der Waals surface area (Å²) in [6.45, 7) is 0. The van der Waals surface area contributed by atoms with E-state index in [0.29, 0.717) is 0 Å². The number of hydrogen-bond acceptors (Lipinski definition) is 0. The van der Waals surface area contributed by atoms with Crippen LogP contribution in [0, 0.1) is 0 Å². The van der Waals surface area contributed by atoms with Crippen molar-refractivity contribution in [2.45, 2.75) is 0 Å². The van der Waals surface area contributed by atoms with Crippen LogP contribution in [0.2, 0.25) is 0 Å². The molecule has 0 aliphatic rings. The second-order valence-electron chi connectivity index (χ2n) is 0. The van der Waals surface area contributed by atoms with Gasteiger partial charge >= 0.3 is 67.8 Å².